The molecule has 0 amide bonds. The zero-order chi connectivity index (χ0) is 29.2. The van der Waals surface area contributed by atoms with Crippen LogP contribution in [0, 0.1) is 6.92 Å². The van der Waals surface area contributed by atoms with Crippen LogP contribution in [0.5, 0.6) is 0 Å². The first-order valence-corrected chi connectivity index (χ1v) is 11.9. The molecule has 214 valence electrons. The average Bonchev–Trinajstić information content (AvgIpc) is 3.45. The number of carboxylic acids is 2. The number of alkyl halides is 6. The molecule has 0 aliphatic carbocycles. The summed E-state index contributed by atoms with van der Waals surface area (Å²) >= 11 is 1.84. The van der Waals surface area contributed by atoms with Crippen molar-refractivity contribution in [2.75, 3.05) is 13.2 Å². The molecule has 1 atom stereocenters. The van der Waals surface area contributed by atoms with E-state index in [0.29, 0.717) is 6.54 Å². The van der Waals surface area contributed by atoms with Gasteiger partial charge in [0.2, 0.25) is 0 Å². The summed E-state index contributed by atoms with van der Waals surface area (Å²) in [7, 11) is 0. The van der Waals surface area contributed by atoms with Crippen molar-refractivity contribution in [2.45, 2.75) is 44.9 Å². The number of hydrogen-bond donors (Lipinski definition) is 3. The number of aryl methyl sites for hydroxylation is 1. The number of nitrogens with zero attached hydrogens (tertiary/aromatic N) is 3. The first-order chi connectivity index (χ1) is 18.2. The highest BCUT2D eigenvalue weighted by molar-refractivity contribution is 7.11. The van der Waals surface area contributed by atoms with Gasteiger partial charge in [0.25, 0.3) is 0 Å². The van der Waals surface area contributed by atoms with Gasteiger partial charge in [0.1, 0.15) is 6.10 Å². The van der Waals surface area contributed by atoms with E-state index in [1.54, 1.807) is 0 Å². The number of carboxylic acid groups (broad SMARTS) is 2. The van der Waals surface area contributed by atoms with E-state index >= 15 is 0 Å². The summed E-state index contributed by atoms with van der Waals surface area (Å²) in [4.78, 5) is 24.9. The lowest BCUT2D eigenvalue weighted by atomic mass is 10.1. The minimum Gasteiger partial charge on any atom is -0.475 e. The van der Waals surface area contributed by atoms with Gasteiger partial charge in [0.05, 0.1) is 24.5 Å². The van der Waals surface area contributed by atoms with Gasteiger partial charge < -0.3 is 20.3 Å². The van der Waals surface area contributed by atoms with Gasteiger partial charge >= 0.3 is 24.3 Å². The molecule has 0 fully saturated rings. The van der Waals surface area contributed by atoms with Crippen LogP contribution in [-0.2, 0) is 33.8 Å². The lowest BCUT2D eigenvalue weighted by Crippen LogP contribution is -2.27. The van der Waals surface area contributed by atoms with Crippen LogP contribution < -0.4 is 5.32 Å². The Morgan fingerprint density at radius 1 is 1.10 bits per heavy atom. The number of ether oxygens (including phenoxy) is 1. The maximum absolute atomic E-state index is 10.6. The number of nitrogens with one attached hydrogen (secondary N) is 1. The minimum absolute atomic E-state index is 0.0230. The Labute approximate surface area is 222 Å². The number of carbonyl (C=O) groups is 2. The summed E-state index contributed by atoms with van der Waals surface area (Å²) in [5.41, 5.74) is 3.38. The molecule has 0 bridgehead atoms. The van der Waals surface area contributed by atoms with Gasteiger partial charge in [0, 0.05) is 35.2 Å². The number of pyridine rings is 1. The van der Waals surface area contributed by atoms with Crippen LogP contribution >= 0.6 is 11.3 Å². The molecule has 39 heavy (non-hydrogen) atoms. The Kier molecular flexibility index (Phi) is 11.4. The Balaban J connectivity index is 0.000000317. The summed E-state index contributed by atoms with van der Waals surface area (Å²) < 4.78 is 71.4. The van der Waals surface area contributed by atoms with Crippen molar-refractivity contribution in [3.05, 3.63) is 69.4 Å². The third-order valence-corrected chi connectivity index (χ3v) is 5.83. The molecular formula is C23H24F6N4O5S. The predicted molar refractivity (Wildman–Crippen MR) is 126 cm³/mol. The number of thiophene rings is 1. The van der Waals surface area contributed by atoms with E-state index in [2.05, 4.69) is 35.6 Å². The van der Waals surface area contributed by atoms with E-state index in [0.717, 1.165) is 37.5 Å². The first kappa shape index (κ1) is 31.7. The van der Waals surface area contributed by atoms with E-state index in [9.17, 15) is 26.3 Å². The molecule has 1 unspecified atom stereocenters. The Bertz CT molecular complexity index is 1190. The van der Waals surface area contributed by atoms with Crippen LogP contribution in [0.3, 0.4) is 0 Å². The van der Waals surface area contributed by atoms with Gasteiger partial charge in [-0.25, -0.2) is 9.59 Å². The first-order valence-electron chi connectivity index (χ1n) is 11.1. The van der Waals surface area contributed by atoms with Crippen molar-refractivity contribution in [1.82, 2.24) is 20.1 Å². The predicted octanol–water partition coefficient (Wildman–Crippen LogP) is 4.37. The molecule has 3 N–H and O–H groups in total. The highest BCUT2D eigenvalue weighted by Crippen LogP contribution is 2.26. The molecule has 1 aliphatic rings. The zero-order valence-corrected chi connectivity index (χ0v) is 21.1. The van der Waals surface area contributed by atoms with Crippen molar-refractivity contribution in [2.24, 2.45) is 0 Å². The number of rotatable bonds is 6. The van der Waals surface area contributed by atoms with Crippen LogP contribution in [-0.4, -0.2) is 62.4 Å². The summed E-state index contributed by atoms with van der Waals surface area (Å²) in [6.45, 7) is 5.25. The summed E-state index contributed by atoms with van der Waals surface area (Å²) in [5, 5.41) is 22.5. The van der Waals surface area contributed by atoms with Gasteiger partial charge in [-0.2, -0.15) is 31.4 Å². The van der Waals surface area contributed by atoms with E-state index < -0.39 is 24.3 Å². The highest BCUT2D eigenvalue weighted by Gasteiger charge is 2.38. The molecule has 3 aromatic rings. The maximum Gasteiger partial charge on any atom is 0.490 e. The average molecular weight is 583 g/mol. The molecular weight excluding hydrogens is 558 g/mol. The van der Waals surface area contributed by atoms with Gasteiger partial charge in [0.15, 0.2) is 0 Å². The van der Waals surface area contributed by atoms with Gasteiger partial charge in [-0.15, -0.1) is 11.3 Å². The van der Waals surface area contributed by atoms with E-state index in [4.69, 9.17) is 29.6 Å². The molecule has 9 nitrogen and oxygen atoms in total. The Morgan fingerprint density at radius 3 is 2.26 bits per heavy atom. The summed E-state index contributed by atoms with van der Waals surface area (Å²) in [6, 6.07) is 10.3. The molecule has 0 saturated heterocycles. The standard InChI is InChI=1S/C19H22N4OS.2C2HF3O2/c1-14-5-6-17(25-14)10-20-11-18-19-15(7-9-24-18)12-23(22-19)13-16-4-2-3-8-21-16;2*3-2(4,5)1(6)7/h2-6,8,12,18,20H,7,9-11,13H2,1H3;2*(H,6,7). The van der Waals surface area contributed by atoms with Gasteiger partial charge in [-0.1, -0.05) is 6.07 Å². The zero-order valence-electron chi connectivity index (χ0n) is 20.3. The number of aliphatic carboxylic acids is 2. The van der Waals surface area contributed by atoms with Crippen molar-refractivity contribution in [1.29, 1.82) is 0 Å². The SMILES string of the molecule is Cc1ccc(CNCC2OCCc3cn(Cc4ccccn4)nc32)s1.O=C(O)C(F)(F)F.O=C(O)C(F)(F)F. The van der Waals surface area contributed by atoms with Crippen molar-refractivity contribution < 1.29 is 50.9 Å². The minimum atomic E-state index is -5.08. The third kappa shape index (κ3) is 11.0. The monoisotopic (exact) mass is 582 g/mol. The van der Waals surface area contributed by atoms with Crippen molar-refractivity contribution in [3.63, 3.8) is 0 Å². The van der Waals surface area contributed by atoms with Crippen LogP contribution in [0.2, 0.25) is 0 Å². The molecule has 1 aliphatic heterocycles. The molecule has 4 heterocycles. The molecule has 0 radical (unpaired) electrons. The second-order valence-electron chi connectivity index (χ2n) is 7.92. The normalized spacial score (nSPS) is 14.8. The quantitative estimate of drug-likeness (QED) is 0.366. The fourth-order valence-corrected chi connectivity index (χ4v) is 3.99. The second-order valence-corrected chi connectivity index (χ2v) is 9.29. The van der Waals surface area contributed by atoms with Crippen LogP contribution in [0.25, 0.3) is 0 Å². The molecule has 0 saturated carbocycles. The summed E-state index contributed by atoms with van der Waals surface area (Å²) in [6.07, 6.45) is -5.25. The van der Waals surface area contributed by atoms with Crippen molar-refractivity contribution in [3.8, 4) is 0 Å². The number of fused-ring (bicyclic) bond motifs is 1. The Morgan fingerprint density at radius 2 is 1.74 bits per heavy atom. The summed E-state index contributed by atoms with van der Waals surface area (Å²) in [5.74, 6) is -5.51. The second kappa shape index (κ2) is 14.0. The Hall–Kier alpha value is -3.50. The van der Waals surface area contributed by atoms with Gasteiger partial charge in [-0.05, 0) is 43.2 Å². The molecule has 3 aromatic heterocycles. The van der Waals surface area contributed by atoms with Crippen LogP contribution in [0.15, 0.2) is 42.7 Å². The topological polar surface area (TPSA) is 127 Å². The van der Waals surface area contributed by atoms with E-state index in [-0.39, 0.29) is 6.10 Å². The maximum atomic E-state index is 10.6. The number of aromatic nitrogens is 3. The molecule has 4 rings (SSSR count). The largest absolute Gasteiger partial charge is 0.490 e. The van der Waals surface area contributed by atoms with Crippen molar-refractivity contribution >= 4 is 23.3 Å². The molecule has 16 heteroatoms. The fourth-order valence-electron chi connectivity index (χ4n) is 3.13. The van der Waals surface area contributed by atoms with Gasteiger partial charge in [-0.3, -0.25) is 9.67 Å². The third-order valence-electron chi connectivity index (χ3n) is 4.83. The lowest BCUT2D eigenvalue weighted by Gasteiger charge is -2.22. The van der Waals surface area contributed by atoms with E-state index in [1.807, 2.05) is 40.4 Å². The number of hydrogen-bond acceptors (Lipinski definition) is 7. The van der Waals surface area contributed by atoms with Crippen LogP contribution in [0.1, 0.15) is 32.8 Å². The smallest absolute Gasteiger partial charge is 0.475 e. The molecule has 0 aromatic carbocycles. The molecule has 0 spiro atoms. The van der Waals surface area contributed by atoms with Crippen LogP contribution in [0.4, 0.5) is 26.3 Å². The highest BCUT2D eigenvalue weighted by atomic mass is 32.1. The lowest BCUT2D eigenvalue weighted by molar-refractivity contribution is -0.193. The fraction of sp³-hybridized carbons (Fsp3) is 0.391. The van der Waals surface area contributed by atoms with E-state index in [1.165, 1.54) is 15.3 Å². The number of halogens is 6.